The number of hydrogen-bond donors (Lipinski definition) is 1. The van der Waals surface area contributed by atoms with Crippen LogP contribution >= 0.6 is 15.9 Å². The van der Waals surface area contributed by atoms with E-state index in [0.717, 1.165) is 12.1 Å². The zero-order valence-corrected chi connectivity index (χ0v) is 10.4. The lowest BCUT2D eigenvalue weighted by atomic mass is 10.2. The van der Waals surface area contributed by atoms with Crippen molar-refractivity contribution >= 4 is 21.8 Å². The summed E-state index contributed by atoms with van der Waals surface area (Å²) in [6, 6.07) is 3.95. The van der Waals surface area contributed by atoms with Crippen LogP contribution in [0.2, 0.25) is 0 Å². The van der Waals surface area contributed by atoms with Crippen LogP contribution in [-0.2, 0) is 0 Å². The lowest BCUT2D eigenvalue weighted by Crippen LogP contribution is -2.26. The van der Waals surface area contributed by atoms with Crippen molar-refractivity contribution in [3.8, 4) is 6.07 Å². The Bertz CT molecular complexity index is 448. The molecule has 0 saturated heterocycles. The maximum atomic E-state index is 13.4. The van der Waals surface area contributed by atoms with Gasteiger partial charge in [0.05, 0.1) is 6.07 Å². The van der Waals surface area contributed by atoms with Crippen molar-refractivity contribution in [2.24, 2.45) is 0 Å². The number of nitrogens with one attached hydrogen (secondary N) is 1. The molecular formula is C11H9BrF2N2O. The molecule has 1 aromatic rings. The van der Waals surface area contributed by atoms with Crippen molar-refractivity contribution in [3.63, 3.8) is 0 Å². The maximum Gasteiger partial charge on any atom is 0.257 e. The van der Waals surface area contributed by atoms with Gasteiger partial charge in [-0.15, -0.1) is 0 Å². The van der Waals surface area contributed by atoms with E-state index in [0.29, 0.717) is 6.42 Å². The molecule has 0 spiro atoms. The Morgan fingerprint density at radius 1 is 1.41 bits per heavy atom. The van der Waals surface area contributed by atoms with E-state index < -0.39 is 23.1 Å². The summed E-state index contributed by atoms with van der Waals surface area (Å²) in [6.07, 6.45) is 0.730. The molecule has 17 heavy (non-hydrogen) atoms. The van der Waals surface area contributed by atoms with Crippen LogP contribution in [0.1, 0.15) is 23.2 Å². The fraction of sp³-hybridized carbons (Fsp3) is 0.273. The third kappa shape index (κ3) is 3.79. The molecule has 3 nitrogen and oxygen atoms in total. The molecule has 0 aliphatic heterocycles. The first kappa shape index (κ1) is 13.6. The molecule has 1 aromatic carbocycles. The first-order valence-corrected chi connectivity index (χ1v) is 5.65. The van der Waals surface area contributed by atoms with Crippen LogP contribution < -0.4 is 5.32 Å². The number of benzene rings is 1. The molecule has 0 aliphatic rings. The third-order valence-corrected chi connectivity index (χ3v) is 2.44. The molecule has 90 valence electrons. The van der Waals surface area contributed by atoms with Gasteiger partial charge in [-0.1, -0.05) is 15.9 Å². The van der Waals surface area contributed by atoms with Crippen molar-refractivity contribution < 1.29 is 13.6 Å². The van der Waals surface area contributed by atoms with Crippen molar-refractivity contribution in [2.45, 2.75) is 12.8 Å². The molecule has 0 unspecified atom stereocenters. The highest BCUT2D eigenvalue weighted by Gasteiger charge is 2.17. The molecule has 0 saturated carbocycles. The lowest BCUT2D eigenvalue weighted by molar-refractivity contribution is 0.0945. The summed E-state index contributed by atoms with van der Waals surface area (Å²) in [5.74, 6) is -2.66. The zero-order valence-electron chi connectivity index (χ0n) is 8.77. The van der Waals surface area contributed by atoms with Crippen LogP contribution in [0.5, 0.6) is 0 Å². The van der Waals surface area contributed by atoms with Crippen LogP contribution in [-0.4, -0.2) is 12.5 Å². The maximum absolute atomic E-state index is 13.4. The summed E-state index contributed by atoms with van der Waals surface area (Å²) in [5.41, 5.74) is -0.606. The average molecular weight is 303 g/mol. The standard InChI is InChI=1S/C11H9BrF2N2O/c12-7-5-8(13)10(9(14)6-7)11(17)16-4-2-1-3-15/h5-6H,1-2,4H2,(H,16,17). The van der Waals surface area contributed by atoms with E-state index in [1.54, 1.807) is 0 Å². The topological polar surface area (TPSA) is 52.9 Å². The number of rotatable bonds is 4. The molecule has 0 radical (unpaired) electrons. The first-order valence-electron chi connectivity index (χ1n) is 4.86. The number of halogens is 3. The molecule has 0 aromatic heterocycles. The molecule has 0 fully saturated rings. The van der Waals surface area contributed by atoms with Crippen molar-refractivity contribution in [1.82, 2.24) is 5.32 Å². The lowest BCUT2D eigenvalue weighted by Gasteiger charge is -2.06. The van der Waals surface area contributed by atoms with E-state index in [1.165, 1.54) is 0 Å². The molecule has 0 heterocycles. The number of hydrogen-bond acceptors (Lipinski definition) is 2. The third-order valence-electron chi connectivity index (χ3n) is 1.98. The van der Waals surface area contributed by atoms with Crippen LogP contribution in [0.4, 0.5) is 8.78 Å². The highest BCUT2D eigenvalue weighted by molar-refractivity contribution is 9.10. The SMILES string of the molecule is N#CCCCNC(=O)c1c(F)cc(Br)cc1F. The van der Waals surface area contributed by atoms with Crippen molar-refractivity contribution in [3.05, 3.63) is 33.8 Å². The molecule has 0 aliphatic carbocycles. The van der Waals surface area contributed by atoms with Gasteiger partial charge in [0.25, 0.3) is 5.91 Å². The average Bonchev–Trinajstić information content (AvgIpc) is 2.23. The minimum atomic E-state index is -0.922. The van der Waals surface area contributed by atoms with Gasteiger partial charge in [0, 0.05) is 17.4 Å². The monoisotopic (exact) mass is 302 g/mol. The van der Waals surface area contributed by atoms with Crippen LogP contribution in [0.25, 0.3) is 0 Å². The Balaban J connectivity index is 2.73. The quantitative estimate of drug-likeness (QED) is 0.870. The minimum Gasteiger partial charge on any atom is -0.352 e. The van der Waals surface area contributed by atoms with Gasteiger partial charge in [0.15, 0.2) is 0 Å². The predicted molar refractivity (Wildman–Crippen MR) is 61.2 cm³/mol. The van der Waals surface area contributed by atoms with E-state index in [4.69, 9.17) is 5.26 Å². The summed E-state index contributed by atoms with van der Waals surface area (Å²) in [6.45, 7) is 0.210. The molecule has 6 heteroatoms. The smallest absolute Gasteiger partial charge is 0.257 e. The van der Waals surface area contributed by atoms with Gasteiger partial charge in [-0.2, -0.15) is 5.26 Å². The number of carbonyl (C=O) groups is 1. The molecule has 0 bridgehead atoms. The Hall–Kier alpha value is -1.48. The van der Waals surface area contributed by atoms with E-state index in [2.05, 4.69) is 21.2 Å². The van der Waals surface area contributed by atoms with Crippen LogP contribution in [0, 0.1) is 23.0 Å². The highest BCUT2D eigenvalue weighted by Crippen LogP contribution is 2.19. The van der Waals surface area contributed by atoms with Crippen molar-refractivity contribution in [2.75, 3.05) is 6.54 Å². The summed E-state index contributed by atoms with van der Waals surface area (Å²) in [7, 11) is 0. The van der Waals surface area contributed by atoms with Gasteiger partial charge in [-0.05, 0) is 18.6 Å². The summed E-state index contributed by atoms with van der Waals surface area (Å²) in [4.78, 5) is 11.5. The van der Waals surface area contributed by atoms with Crippen molar-refractivity contribution in [1.29, 1.82) is 5.26 Å². The molecule has 1 N–H and O–H groups in total. The van der Waals surface area contributed by atoms with Crippen LogP contribution in [0.3, 0.4) is 0 Å². The predicted octanol–water partition coefficient (Wildman–Crippen LogP) is 2.76. The van der Waals surface area contributed by atoms with E-state index in [9.17, 15) is 13.6 Å². The van der Waals surface area contributed by atoms with E-state index in [1.807, 2.05) is 6.07 Å². The summed E-state index contributed by atoms with van der Waals surface area (Å²) in [5, 5.41) is 10.6. The fourth-order valence-corrected chi connectivity index (χ4v) is 1.62. The van der Waals surface area contributed by atoms with Gasteiger partial charge in [-0.25, -0.2) is 8.78 Å². The zero-order chi connectivity index (χ0) is 12.8. The van der Waals surface area contributed by atoms with Gasteiger partial charge in [-0.3, -0.25) is 4.79 Å². The Labute approximate surface area is 106 Å². The largest absolute Gasteiger partial charge is 0.352 e. The van der Waals surface area contributed by atoms with Crippen LogP contribution in [0.15, 0.2) is 16.6 Å². The highest BCUT2D eigenvalue weighted by atomic mass is 79.9. The van der Waals surface area contributed by atoms with Gasteiger partial charge < -0.3 is 5.32 Å². The summed E-state index contributed by atoms with van der Waals surface area (Å²) >= 11 is 2.92. The molecule has 1 amide bonds. The number of amides is 1. The Morgan fingerprint density at radius 3 is 2.53 bits per heavy atom. The number of carbonyl (C=O) groups excluding carboxylic acids is 1. The normalized spacial score (nSPS) is 9.76. The number of unbranched alkanes of at least 4 members (excludes halogenated alkanes) is 1. The fourth-order valence-electron chi connectivity index (χ4n) is 1.22. The number of nitriles is 1. The van der Waals surface area contributed by atoms with Gasteiger partial charge >= 0.3 is 0 Å². The minimum absolute atomic E-state index is 0.210. The molecule has 0 atom stereocenters. The second-order valence-electron chi connectivity index (χ2n) is 3.26. The first-order chi connectivity index (χ1) is 8.06. The van der Waals surface area contributed by atoms with Gasteiger partial charge in [0.2, 0.25) is 0 Å². The van der Waals surface area contributed by atoms with Gasteiger partial charge in [0.1, 0.15) is 17.2 Å². The second kappa shape index (κ2) is 6.30. The molecular weight excluding hydrogens is 294 g/mol. The second-order valence-corrected chi connectivity index (χ2v) is 4.18. The Kier molecular flexibility index (Phi) is 5.04. The Morgan fingerprint density at radius 2 is 2.00 bits per heavy atom. The summed E-state index contributed by atoms with van der Waals surface area (Å²) < 4.78 is 26.9. The molecule has 1 rings (SSSR count). The van der Waals surface area contributed by atoms with E-state index in [-0.39, 0.29) is 17.4 Å². The van der Waals surface area contributed by atoms with E-state index >= 15 is 0 Å². The number of nitrogens with zero attached hydrogens (tertiary/aromatic N) is 1.